The number of hydrogen-bond acceptors (Lipinski definition) is 5. The van der Waals surface area contributed by atoms with Crippen molar-refractivity contribution in [3.05, 3.63) is 30.0 Å². The summed E-state index contributed by atoms with van der Waals surface area (Å²) in [5, 5.41) is 6.34. The van der Waals surface area contributed by atoms with Gasteiger partial charge in [-0.3, -0.25) is 9.59 Å². The summed E-state index contributed by atoms with van der Waals surface area (Å²) in [5.74, 6) is 0.0435. The van der Waals surface area contributed by atoms with E-state index in [0.717, 1.165) is 34.5 Å². The minimum Gasteiger partial charge on any atom is -0.381 e. The number of thiazole rings is 1. The Morgan fingerprint density at radius 1 is 1.33 bits per heavy atom. The maximum Gasteiger partial charge on any atom is 0.229 e. The van der Waals surface area contributed by atoms with Crippen molar-refractivity contribution in [3.8, 4) is 10.4 Å². The topological polar surface area (TPSA) is 80.3 Å². The molecule has 0 bridgehead atoms. The lowest BCUT2D eigenvalue weighted by Crippen LogP contribution is -2.28. The van der Waals surface area contributed by atoms with Crippen LogP contribution in [-0.2, 0) is 20.7 Å². The second-order valence-electron chi connectivity index (χ2n) is 6.00. The Kier molecular flexibility index (Phi) is 4.03. The van der Waals surface area contributed by atoms with E-state index in [1.54, 1.807) is 6.20 Å². The third-order valence-corrected chi connectivity index (χ3v) is 5.30. The Hall–Kier alpha value is -2.25. The van der Waals surface area contributed by atoms with Gasteiger partial charge >= 0.3 is 0 Å². The highest BCUT2D eigenvalue weighted by Gasteiger charge is 2.23. The van der Waals surface area contributed by atoms with Crippen LogP contribution in [0.4, 0.5) is 10.8 Å². The molecule has 0 spiro atoms. The van der Waals surface area contributed by atoms with Gasteiger partial charge in [0.25, 0.3) is 0 Å². The zero-order valence-electron chi connectivity index (χ0n) is 13.0. The van der Waals surface area contributed by atoms with Gasteiger partial charge in [0.2, 0.25) is 11.8 Å². The summed E-state index contributed by atoms with van der Waals surface area (Å²) in [6.45, 7) is 1.28. The number of amides is 2. The van der Waals surface area contributed by atoms with Crippen molar-refractivity contribution in [2.45, 2.75) is 19.3 Å². The number of aromatic nitrogens is 1. The zero-order valence-corrected chi connectivity index (χ0v) is 13.8. The van der Waals surface area contributed by atoms with Gasteiger partial charge in [0.15, 0.2) is 5.13 Å². The molecule has 1 aromatic heterocycles. The molecule has 0 saturated carbocycles. The van der Waals surface area contributed by atoms with Crippen LogP contribution in [0.3, 0.4) is 0 Å². The first kappa shape index (κ1) is 15.3. The van der Waals surface area contributed by atoms with E-state index in [0.29, 0.717) is 24.8 Å². The molecule has 7 heteroatoms. The average molecular weight is 343 g/mol. The number of rotatable bonds is 3. The lowest BCUT2D eigenvalue weighted by Gasteiger charge is -2.20. The van der Waals surface area contributed by atoms with Crippen LogP contribution in [0, 0.1) is 5.92 Å². The molecule has 2 aliphatic rings. The Labute approximate surface area is 143 Å². The van der Waals surface area contributed by atoms with E-state index >= 15 is 0 Å². The van der Waals surface area contributed by atoms with Gasteiger partial charge in [0.05, 0.1) is 11.3 Å². The monoisotopic (exact) mass is 343 g/mol. The number of nitrogens with zero attached hydrogens (tertiary/aromatic N) is 1. The molecule has 1 saturated heterocycles. The fourth-order valence-electron chi connectivity index (χ4n) is 3.02. The minimum atomic E-state index is 0.00295. The molecule has 0 atom stereocenters. The lowest BCUT2D eigenvalue weighted by molar-refractivity contribution is -0.122. The van der Waals surface area contributed by atoms with Crippen LogP contribution in [0.2, 0.25) is 0 Å². The summed E-state index contributed by atoms with van der Waals surface area (Å²) >= 11 is 1.44. The first-order chi connectivity index (χ1) is 11.7. The number of carbonyl (C=O) groups is 2. The average Bonchev–Trinajstić information content (AvgIpc) is 3.20. The van der Waals surface area contributed by atoms with Gasteiger partial charge in [-0.2, -0.15) is 0 Å². The summed E-state index contributed by atoms with van der Waals surface area (Å²) in [6, 6.07) is 5.88. The molecular weight excluding hydrogens is 326 g/mol. The van der Waals surface area contributed by atoms with Gasteiger partial charge < -0.3 is 15.4 Å². The summed E-state index contributed by atoms with van der Waals surface area (Å²) in [7, 11) is 0. The third-order valence-electron chi connectivity index (χ3n) is 4.34. The van der Waals surface area contributed by atoms with E-state index < -0.39 is 0 Å². The molecule has 2 aromatic rings. The van der Waals surface area contributed by atoms with Crippen molar-refractivity contribution in [1.82, 2.24) is 4.98 Å². The summed E-state index contributed by atoms with van der Waals surface area (Å²) in [5.41, 5.74) is 2.88. The van der Waals surface area contributed by atoms with Crippen LogP contribution in [-0.4, -0.2) is 30.0 Å². The molecule has 3 heterocycles. The van der Waals surface area contributed by atoms with E-state index in [9.17, 15) is 9.59 Å². The molecule has 2 N–H and O–H groups in total. The van der Waals surface area contributed by atoms with Crippen LogP contribution in [0.1, 0.15) is 18.4 Å². The van der Waals surface area contributed by atoms with Crippen molar-refractivity contribution < 1.29 is 14.3 Å². The van der Waals surface area contributed by atoms with Gasteiger partial charge in [0.1, 0.15) is 0 Å². The summed E-state index contributed by atoms with van der Waals surface area (Å²) in [6.07, 6.45) is 3.69. The first-order valence-corrected chi connectivity index (χ1v) is 8.78. The van der Waals surface area contributed by atoms with E-state index in [-0.39, 0.29) is 17.7 Å². The normalized spacial score (nSPS) is 17.4. The molecule has 0 unspecified atom stereocenters. The number of benzene rings is 1. The number of ether oxygens (including phenoxy) is 1. The molecule has 2 amide bonds. The van der Waals surface area contributed by atoms with Crippen molar-refractivity contribution in [3.63, 3.8) is 0 Å². The molecule has 124 valence electrons. The van der Waals surface area contributed by atoms with Crippen LogP contribution >= 0.6 is 11.3 Å². The first-order valence-electron chi connectivity index (χ1n) is 7.96. The molecule has 24 heavy (non-hydrogen) atoms. The van der Waals surface area contributed by atoms with Crippen molar-refractivity contribution in [1.29, 1.82) is 0 Å². The van der Waals surface area contributed by atoms with Crippen LogP contribution in [0.25, 0.3) is 10.4 Å². The SMILES string of the molecule is O=C1Cc2cc(-c3cnc(NC(=O)C4CCOCC4)s3)ccc2N1. The predicted octanol–water partition coefficient (Wildman–Crippen LogP) is 2.67. The number of fused-ring (bicyclic) bond motifs is 1. The van der Waals surface area contributed by atoms with Gasteiger partial charge in [-0.1, -0.05) is 17.4 Å². The fourth-order valence-corrected chi connectivity index (χ4v) is 3.83. The van der Waals surface area contributed by atoms with Crippen LogP contribution < -0.4 is 10.6 Å². The minimum absolute atomic E-state index is 0.00295. The fraction of sp³-hybridized carbons (Fsp3) is 0.353. The second-order valence-corrected chi connectivity index (χ2v) is 7.03. The van der Waals surface area contributed by atoms with E-state index in [1.165, 1.54) is 11.3 Å². The van der Waals surface area contributed by atoms with Crippen LogP contribution in [0.15, 0.2) is 24.4 Å². The lowest BCUT2D eigenvalue weighted by atomic mass is 10.00. The van der Waals surface area contributed by atoms with Crippen molar-refractivity contribution in [2.75, 3.05) is 23.8 Å². The zero-order chi connectivity index (χ0) is 16.5. The third kappa shape index (κ3) is 3.05. The molecule has 0 radical (unpaired) electrons. The summed E-state index contributed by atoms with van der Waals surface area (Å²) < 4.78 is 5.28. The standard InChI is InChI=1S/C17H17N3O3S/c21-15-8-12-7-11(1-2-13(12)19-15)14-9-18-17(24-14)20-16(22)10-3-5-23-6-4-10/h1-2,7,9-10H,3-6,8H2,(H,19,21)(H,18,20,22). The number of nitrogens with one attached hydrogen (secondary N) is 2. The van der Waals surface area contributed by atoms with Crippen molar-refractivity contribution in [2.24, 2.45) is 5.92 Å². The highest BCUT2D eigenvalue weighted by Crippen LogP contribution is 2.33. The molecule has 1 aromatic carbocycles. The Balaban J connectivity index is 1.48. The molecule has 0 aliphatic carbocycles. The second kappa shape index (κ2) is 6.33. The Morgan fingerprint density at radius 2 is 2.17 bits per heavy atom. The van der Waals surface area contributed by atoms with Gasteiger partial charge in [-0.15, -0.1) is 0 Å². The molecular formula is C17H17N3O3S. The smallest absolute Gasteiger partial charge is 0.229 e. The molecule has 2 aliphatic heterocycles. The van der Waals surface area contributed by atoms with Crippen LogP contribution in [0.5, 0.6) is 0 Å². The highest BCUT2D eigenvalue weighted by atomic mass is 32.1. The van der Waals surface area contributed by atoms with E-state index in [4.69, 9.17) is 4.74 Å². The highest BCUT2D eigenvalue weighted by molar-refractivity contribution is 7.19. The Bertz CT molecular complexity index is 796. The molecule has 4 rings (SSSR count). The maximum atomic E-state index is 12.3. The Morgan fingerprint density at radius 3 is 3.00 bits per heavy atom. The predicted molar refractivity (Wildman–Crippen MR) is 92.1 cm³/mol. The number of anilines is 2. The molecule has 1 fully saturated rings. The maximum absolute atomic E-state index is 12.3. The number of carbonyl (C=O) groups excluding carboxylic acids is 2. The number of hydrogen-bond donors (Lipinski definition) is 2. The van der Waals surface area contributed by atoms with E-state index in [1.807, 2.05) is 18.2 Å². The summed E-state index contributed by atoms with van der Waals surface area (Å²) in [4.78, 5) is 29.0. The molecule has 6 nitrogen and oxygen atoms in total. The quantitative estimate of drug-likeness (QED) is 0.898. The van der Waals surface area contributed by atoms with E-state index in [2.05, 4.69) is 15.6 Å². The largest absolute Gasteiger partial charge is 0.381 e. The van der Waals surface area contributed by atoms with Gasteiger partial charge in [0, 0.05) is 31.0 Å². The van der Waals surface area contributed by atoms with Gasteiger partial charge in [-0.05, 0) is 36.1 Å². The van der Waals surface area contributed by atoms with Gasteiger partial charge in [-0.25, -0.2) is 4.98 Å². The van der Waals surface area contributed by atoms with Crippen molar-refractivity contribution >= 4 is 34.0 Å².